The van der Waals surface area contributed by atoms with Crippen molar-refractivity contribution in [2.45, 2.75) is 11.8 Å². The van der Waals surface area contributed by atoms with Crippen LogP contribution in [-0.2, 0) is 0 Å². The molecule has 0 saturated heterocycles. The predicted molar refractivity (Wildman–Crippen MR) is 66.2 cm³/mol. The topological polar surface area (TPSA) is 13.1 Å². The highest BCUT2D eigenvalue weighted by atomic mass is 79.9. The van der Waals surface area contributed by atoms with Crippen LogP contribution in [-0.4, -0.2) is 0 Å². The first-order valence-corrected chi connectivity index (χ1v) is 6.69. The summed E-state index contributed by atoms with van der Waals surface area (Å²) >= 11 is 8.90. The molecule has 2 rings (SSSR count). The van der Waals surface area contributed by atoms with Crippen LogP contribution in [0.25, 0.3) is 0 Å². The van der Waals surface area contributed by atoms with Crippen molar-refractivity contribution in [1.82, 2.24) is 0 Å². The molecule has 4 heteroatoms. The number of furan rings is 1. The Kier molecular flexibility index (Phi) is 3.14. The van der Waals surface area contributed by atoms with Gasteiger partial charge < -0.3 is 4.42 Å². The van der Waals surface area contributed by atoms with Crippen LogP contribution in [0.4, 0.5) is 0 Å². The van der Waals surface area contributed by atoms with Gasteiger partial charge in [0.25, 0.3) is 0 Å². The molecule has 2 aromatic rings. The lowest BCUT2D eigenvalue weighted by molar-refractivity contribution is 0.532. The van der Waals surface area contributed by atoms with E-state index in [9.17, 15) is 0 Å². The molecule has 74 valence electrons. The monoisotopic (exact) mass is 334 g/mol. The van der Waals surface area contributed by atoms with Crippen molar-refractivity contribution in [3.8, 4) is 0 Å². The molecule has 2 heterocycles. The fraction of sp³-hybridized carbons (Fsp3) is 0.200. The first kappa shape index (κ1) is 10.5. The van der Waals surface area contributed by atoms with Crippen molar-refractivity contribution in [2.24, 2.45) is 0 Å². The minimum absolute atomic E-state index is 0.217. The highest BCUT2D eigenvalue weighted by Gasteiger charge is 2.16. The van der Waals surface area contributed by atoms with Crippen LogP contribution in [0.1, 0.15) is 21.0 Å². The van der Waals surface area contributed by atoms with E-state index in [2.05, 4.69) is 43.3 Å². The summed E-state index contributed by atoms with van der Waals surface area (Å²) in [7, 11) is 0. The third-order valence-electron chi connectivity index (χ3n) is 1.92. The fourth-order valence-electron chi connectivity index (χ4n) is 1.23. The maximum absolute atomic E-state index is 5.28. The van der Waals surface area contributed by atoms with Crippen LogP contribution in [0.15, 0.2) is 32.7 Å². The molecule has 14 heavy (non-hydrogen) atoms. The van der Waals surface area contributed by atoms with Crippen molar-refractivity contribution in [2.75, 3.05) is 0 Å². The highest BCUT2D eigenvalue weighted by Crippen LogP contribution is 2.39. The molecule has 0 aromatic carbocycles. The molecule has 0 bridgehead atoms. The third kappa shape index (κ3) is 1.97. The standard InChI is InChI=1S/C10H8Br2OS/c1-6-4-7(5-13-6)9(12)10-8(11)2-3-14-10/h2-5,9H,1H3. The minimum atomic E-state index is 0.217. The Bertz CT molecular complexity index is 433. The maximum Gasteiger partial charge on any atom is 0.101 e. The Morgan fingerprint density at radius 1 is 1.50 bits per heavy atom. The molecule has 0 amide bonds. The largest absolute Gasteiger partial charge is 0.469 e. The normalized spacial score (nSPS) is 13.1. The van der Waals surface area contributed by atoms with Crippen LogP contribution in [0, 0.1) is 6.92 Å². The second-order valence-corrected chi connectivity index (χ2v) is 5.70. The Labute approximate surface area is 103 Å². The number of hydrogen-bond donors (Lipinski definition) is 0. The Morgan fingerprint density at radius 3 is 2.79 bits per heavy atom. The second-order valence-electron chi connectivity index (χ2n) is 2.99. The van der Waals surface area contributed by atoms with Crippen molar-refractivity contribution < 1.29 is 4.42 Å². The van der Waals surface area contributed by atoms with E-state index < -0.39 is 0 Å². The molecule has 0 saturated carbocycles. The summed E-state index contributed by atoms with van der Waals surface area (Å²) in [5.74, 6) is 0.942. The van der Waals surface area contributed by atoms with Crippen LogP contribution in [0.5, 0.6) is 0 Å². The molecule has 0 radical (unpaired) electrons. The summed E-state index contributed by atoms with van der Waals surface area (Å²) in [6.45, 7) is 1.95. The molecule has 0 spiro atoms. The SMILES string of the molecule is Cc1cc(C(Br)c2sccc2Br)co1. The third-order valence-corrected chi connectivity index (χ3v) is 5.14. The van der Waals surface area contributed by atoms with Gasteiger partial charge in [-0.1, -0.05) is 15.9 Å². The van der Waals surface area contributed by atoms with Gasteiger partial charge in [0.05, 0.1) is 11.1 Å². The number of hydrogen-bond acceptors (Lipinski definition) is 2. The molecule has 0 aliphatic carbocycles. The summed E-state index contributed by atoms with van der Waals surface area (Å²) in [6, 6.07) is 4.10. The zero-order valence-corrected chi connectivity index (χ0v) is 11.4. The summed E-state index contributed by atoms with van der Waals surface area (Å²) < 4.78 is 6.42. The maximum atomic E-state index is 5.28. The highest BCUT2D eigenvalue weighted by molar-refractivity contribution is 9.11. The molecular formula is C10H8Br2OS. The van der Waals surface area contributed by atoms with Gasteiger partial charge in [-0.15, -0.1) is 11.3 Å². The number of rotatable bonds is 2. The first-order valence-electron chi connectivity index (χ1n) is 4.10. The lowest BCUT2D eigenvalue weighted by Crippen LogP contribution is -1.86. The van der Waals surface area contributed by atoms with Gasteiger partial charge in [-0.3, -0.25) is 0 Å². The van der Waals surface area contributed by atoms with E-state index in [0.29, 0.717) is 0 Å². The van der Waals surface area contributed by atoms with Gasteiger partial charge in [0.1, 0.15) is 5.76 Å². The Balaban J connectivity index is 2.33. The number of thiophene rings is 1. The Hall–Kier alpha value is -0.0600. The van der Waals surface area contributed by atoms with E-state index >= 15 is 0 Å². The minimum Gasteiger partial charge on any atom is -0.469 e. The average molecular weight is 336 g/mol. The van der Waals surface area contributed by atoms with Gasteiger partial charge in [0, 0.05) is 14.9 Å². The van der Waals surface area contributed by atoms with Gasteiger partial charge >= 0.3 is 0 Å². The smallest absolute Gasteiger partial charge is 0.101 e. The van der Waals surface area contributed by atoms with E-state index in [1.54, 1.807) is 17.6 Å². The van der Waals surface area contributed by atoms with Crippen LogP contribution in [0.3, 0.4) is 0 Å². The number of halogens is 2. The second kappa shape index (κ2) is 4.21. The predicted octanol–water partition coefficient (Wildman–Crippen LogP) is 4.90. The average Bonchev–Trinajstić information content (AvgIpc) is 2.73. The molecule has 1 unspecified atom stereocenters. The van der Waals surface area contributed by atoms with Crippen LogP contribution in [0.2, 0.25) is 0 Å². The zero-order valence-electron chi connectivity index (χ0n) is 7.46. The van der Waals surface area contributed by atoms with E-state index in [1.165, 1.54) is 4.88 Å². The molecule has 1 atom stereocenters. The summed E-state index contributed by atoms with van der Waals surface area (Å²) in [6.07, 6.45) is 1.79. The van der Waals surface area contributed by atoms with Crippen molar-refractivity contribution >= 4 is 43.2 Å². The molecule has 0 fully saturated rings. The van der Waals surface area contributed by atoms with E-state index in [4.69, 9.17) is 4.42 Å². The molecular weight excluding hydrogens is 328 g/mol. The molecule has 0 aliphatic heterocycles. The number of aryl methyl sites for hydroxylation is 1. The molecule has 0 aliphatic rings. The summed E-state index contributed by atoms with van der Waals surface area (Å²) in [5.41, 5.74) is 1.16. The zero-order chi connectivity index (χ0) is 10.1. The number of alkyl halides is 1. The van der Waals surface area contributed by atoms with Crippen molar-refractivity contribution in [1.29, 1.82) is 0 Å². The lowest BCUT2D eigenvalue weighted by atomic mass is 10.2. The van der Waals surface area contributed by atoms with Gasteiger partial charge in [-0.05, 0) is 40.4 Å². The van der Waals surface area contributed by atoms with Crippen LogP contribution < -0.4 is 0 Å². The van der Waals surface area contributed by atoms with Gasteiger partial charge in [0.15, 0.2) is 0 Å². The van der Waals surface area contributed by atoms with Crippen molar-refractivity contribution in [3.05, 3.63) is 44.4 Å². The fourth-order valence-corrected chi connectivity index (χ4v) is 3.96. The van der Waals surface area contributed by atoms with E-state index in [-0.39, 0.29) is 4.83 Å². The van der Waals surface area contributed by atoms with E-state index in [1.807, 2.05) is 13.0 Å². The van der Waals surface area contributed by atoms with E-state index in [0.717, 1.165) is 15.8 Å². The lowest BCUT2D eigenvalue weighted by Gasteiger charge is -2.04. The quantitative estimate of drug-likeness (QED) is 0.712. The van der Waals surface area contributed by atoms with Crippen molar-refractivity contribution in [3.63, 3.8) is 0 Å². The van der Waals surface area contributed by atoms with Gasteiger partial charge in [-0.2, -0.15) is 0 Å². The van der Waals surface area contributed by atoms with Gasteiger partial charge in [0.2, 0.25) is 0 Å². The summed E-state index contributed by atoms with van der Waals surface area (Å²) in [5, 5.41) is 2.07. The summed E-state index contributed by atoms with van der Waals surface area (Å²) in [4.78, 5) is 1.49. The Morgan fingerprint density at radius 2 is 2.29 bits per heavy atom. The van der Waals surface area contributed by atoms with Gasteiger partial charge in [-0.25, -0.2) is 0 Å². The first-order chi connectivity index (χ1) is 6.68. The molecule has 0 N–H and O–H groups in total. The molecule has 2 aromatic heterocycles. The molecule has 1 nitrogen and oxygen atoms in total. The van der Waals surface area contributed by atoms with Crippen LogP contribution >= 0.6 is 43.2 Å².